The Morgan fingerprint density at radius 1 is 1.22 bits per heavy atom. The molecule has 0 radical (unpaired) electrons. The van der Waals surface area contributed by atoms with Crippen LogP contribution in [0.25, 0.3) is 0 Å². The van der Waals surface area contributed by atoms with E-state index in [1.54, 1.807) is 12.1 Å². The minimum atomic E-state index is -0.224. The number of morpholine rings is 1. The van der Waals surface area contributed by atoms with Gasteiger partial charge in [0.05, 0.1) is 19.8 Å². The molecule has 1 N–H and O–H groups in total. The van der Waals surface area contributed by atoms with Gasteiger partial charge in [-0.2, -0.15) is 0 Å². The van der Waals surface area contributed by atoms with E-state index in [-0.39, 0.29) is 23.8 Å². The fourth-order valence-corrected chi connectivity index (χ4v) is 4.39. The number of hydrogen-bond donors (Lipinski definition) is 1. The van der Waals surface area contributed by atoms with Crippen LogP contribution in [0.5, 0.6) is 0 Å². The first-order valence-corrected chi connectivity index (χ1v) is 10.1. The van der Waals surface area contributed by atoms with Crippen molar-refractivity contribution in [2.24, 2.45) is 0 Å². The zero-order chi connectivity index (χ0) is 19.1. The molecule has 0 unspecified atom stereocenters. The van der Waals surface area contributed by atoms with E-state index < -0.39 is 0 Å². The van der Waals surface area contributed by atoms with Crippen LogP contribution in [0.1, 0.15) is 37.7 Å². The molecule has 0 bridgehead atoms. The van der Waals surface area contributed by atoms with E-state index in [0.29, 0.717) is 18.7 Å². The van der Waals surface area contributed by atoms with Crippen LogP contribution in [0.15, 0.2) is 24.3 Å². The minimum Gasteiger partial charge on any atom is -0.379 e. The maximum atomic E-state index is 13.8. The Morgan fingerprint density at radius 3 is 2.63 bits per heavy atom. The molecule has 1 aromatic rings. The zero-order valence-corrected chi connectivity index (χ0v) is 16.4. The van der Waals surface area contributed by atoms with Crippen LogP contribution in [-0.2, 0) is 16.1 Å². The maximum Gasteiger partial charge on any atom is 0.234 e. The first-order chi connectivity index (χ1) is 13.1. The molecular formula is C21H32FN3O2. The molecule has 1 aliphatic heterocycles. The van der Waals surface area contributed by atoms with Crippen molar-refractivity contribution in [3.8, 4) is 0 Å². The lowest BCUT2D eigenvalue weighted by Gasteiger charge is -2.48. The van der Waals surface area contributed by atoms with Crippen molar-refractivity contribution >= 4 is 5.91 Å². The first-order valence-electron chi connectivity index (χ1n) is 10.1. The highest BCUT2D eigenvalue weighted by Crippen LogP contribution is 2.33. The molecule has 2 fully saturated rings. The van der Waals surface area contributed by atoms with Gasteiger partial charge in [-0.3, -0.25) is 14.6 Å². The number of amides is 1. The molecule has 1 saturated carbocycles. The topological polar surface area (TPSA) is 44.8 Å². The van der Waals surface area contributed by atoms with Gasteiger partial charge >= 0.3 is 0 Å². The molecule has 1 saturated heterocycles. The van der Waals surface area contributed by atoms with Gasteiger partial charge in [0, 0.05) is 37.3 Å². The average Bonchev–Trinajstić information content (AvgIpc) is 2.69. The van der Waals surface area contributed by atoms with Gasteiger partial charge in [-0.05, 0) is 26.0 Å². The lowest BCUT2D eigenvalue weighted by atomic mass is 9.79. The molecule has 0 aromatic heterocycles. The van der Waals surface area contributed by atoms with Gasteiger partial charge in [0.25, 0.3) is 0 Å². The van der Waals surface area contributed by atoms with Crippen LogP contribution in [0, 0.1) is 5.82 Å². The molecular weight excluding hydrogens is 345 g/mol. The van der Waals surface area contributed by atoms with Crippen molar-refractivity contribution in [2.75, 3.05) is 46.4 Å². The number of halogens is 1. The van der Waals surface area contributed by atoms with Crippen molar-refractivity contribution < 1.29 is 13.9 Å². The number of rotatable bonds is 7. The smallest absolute Gasteiger partial charge is 0.234 e. The summed E-state index contributed by atoms with van der Waals surface area (Å²) in [6.07, 6.45) is 6.00. The largest absolute Gasteiger partial charge is 0.379 e. The Bertz CT molecular complexity index is 613. The van der Waals surface area contributed by atoms with Gasteiger partial charge in [0.1, 0.15) is 5.82 Å². The lowest BCUT2D eigenvalue weighted by Crippen LogP contribution is -2.60. The summed E-state index contributed by atoms with van der Waals surface area (Å²) in [4.78, 5) is 16.9. The lowest BCUT2D eigenvalue weighted by molar-refractivity contribution is -0.123. The van der Waals surface area contributed by atoms with E-state index in [1.807, 2.05) is 18.0 Å². The molecule has 1 aromatic carbocycles. The predicted molar refractivity (Wildman–Crippen MR) is 104 cm³/mol. The Kier molecular flexibility index (Phi) is 7.21. The van der Waals surface area contributed by atoms with Crippen molar-refractivity contribution in [1.29, 1.82) is 0 Å². The van der Waals surface area contributed by atoms with E-state index >= 15 is 0 Å². The molecule has 1 heterocycles. The van der Waals surface area contributed by atoms with Crippen LogP contribution in [-0.4, -0.2) is 67.7 Å². The summed E-state index contributed by atoms with van der Waals surface area (Å²) in [7, 11) is 1.85. The highest BCUT2D eigenvalue weighted by molar-refractivity contribution is 5.78. The summed E-state index contributed by atoms with van der Waals surface area (Å²) in [5.74, 6) is -0.217. The number of carbonyl (C=O) groups is 1. The molecule has 150 valence electrons. The second kappa shape index (κ2) is 9.62. The molecule has 2 aliphatic rings. The maximum absolute atomic E-state index is 13.8. The third kappa shape index (κ3) is 5.50. The van der Waals surface area contributed by atoms with Gasteiger partial charge in [0.15, 0.2) is 0 Å². The minimum absolute atomic E-state index is 0.00653. The number of hydrogen-bond acceptors (Lipinski definition) is 4. The SMILES string of the molecule is CN(CC(=O)NCC1(N2CCOCC2)CCCCC1)Cc1ccccc1F. The number of ether oxygens (including phenoxy) is 1. The number of nitrogens with zero attached hydrogens (tertiary/aromatic N) is 2. The molecule has 1 amide bonds. The fraction of sp³-hybridized carbons (Fsp3) is 0.667. The fourth-order valence-electron chi connectivity index (χ4n) is 4.39. The average molecular weight is 378 g/mol. The van der Waals surface area contributed by atoms with Gasteiger partial charge in [-0.15, -0.1) is 0 Å². The number of carbonyl (C=O) groups excluding carboxylic acids is 1. The summed E-state index contributed by atoms with van der Waals surface area (Å²) in [5, 5.41) is 3.16. The molecule has 0 atom stereocenters. The van der Waals surface area contributed by atoms with Crippen LogP contribution in [0.2, 0.25) is 0 Å². The van der Waals surface area contributed by atoms with Crippen LogP contribution < -0.4 is 5.32 Å². The Hall–Kier alpha value is -1.50. The number of benzene rings is 1. The molecule has 1 aliphatic carbocycles. The second-order valence-corrected chi connectivity index (χ2v) is 7.92. The normalized spacial score (nSPS) is 20.6. The first kappa shape index (κ1) is 20.2. The van der Waals surface area contributed by atoms with Crippen molar-refractivity contribution in [2.45, 2.75) is 44.2 Å². The van der Waals surface area contributed by atoms with Gasteiger partial charge in [0.2, 0.25) is 5.91 Å². The van der Waals surface area contributed by atoms with E-state index in [0.717, 1.165) is 39.1 Å². The van der Waals surface area contributed by atoms with Crippen molar-refractivity contribution in [3.05, 3.63) is 35.6 Å². The number of nitrogens with one attached hydrogen (secondary N) is 1. The zero-order valence-electron chi connectivity index (χ0n) is 16.4. The third-order valence-electron chi connectivity index (χ3n) is 5.89. The third-order valence-corrected chi connectivity index (χ3v) is 5.89. The van der Waals surface area contributed by atoms with Gasteiger partial charge in [-0.1, -0.05) is 37.5 Å². The van der Waals surface area contributed by atoms with Gasteiger partial charge < -0.3 is 10.1 Å². The Morgan fingerprint density at radius 2 is 1.93 bits per heavy atom. The van der Waals surface area contributed by atoms with Crippen LogP contribution in [0.4, 0.5) is 4.39 Å². The molecule has 27 heavy (non-hydrogen) atoms. The van der Waals surface area contributed by atoms with Crippen LogP contribution >= 0.6 is 0 Å². The number of likely N-dealkylation sites (N-methyl/N-ethyl adjacent to an activating group) is 1. The highest BCUT2D eigenvalue weighted by atomic mass is 19.1. The monoisotopic (exact) mass is 377 g/mol. The molecule has 6 heteroatoms. The van der Waals surface area contributed by atoms with Crippen molar-refractivity contribution in [3.63, 3.8) is 0 Å². The van der Waals surface area contributed by atoms with Crippen LogP contribution in [0.3, 0.4) is 0 Å². The highest BCUT2D eigenvalue weighted by Gasteiger charge is 2.38. The summed E-state index contributed by atoms with van der Waals surface area (Å²) < 4.78 is 19.3. The van der Waals surface area contributed by atoms with E-state index in [9.17, 15) is 9.18 Å². The predicted octanol–water partition coefficient (Wildman–Crippen LogP) is 2.41. The van der Waals surface area contributed by atoms with Gasteiger partial charge in [-0.25, -0.2) is 4.39 Å². The standard InChI is InChI=1S/C21H32FN3O2/c1-24(15-18-7-3-4-8-19(18)22)16-20(26)23-17-21(9-5-2-6-10-21)25-11-13-27-14-12-25/h3-4,7-8H,2,5-6,9-17H2,1H3,(H,23,26). The van der Waals surface area contributed by atoms with E-state index in [2.05, 4.69) is 10.2 Å². The summed E-state index contributed by atoms with van der Waals surface area (Å²) >= 11 is 0. The molecule has 3 rings (SSSR count). The second-order valence-electron chi connectivity index (χ2n) is 7.92. The van der Waals surface area contributed by atoms with Crippen molar-refractivity contribution in [1.82, 2.24) is 15.1 Å². The van der Waals surface area contributed by atoms with E-state index in [4.69, 9.17) is 4.74 Å². The Balaban J connectivity index is 1.52. The summed E-state index contributed by atoms with van der Waals surface area (Å²) in [6.45, 7) is 4.84. The molecule has 5 nitrogen and oxygen atoms in total. The summed E-state index contributed by atoms with van der Waals surface area (Å²) in [6, 6.07) is 6.72. The Labute approximate surface area is 161 Å². The quantitative estimate of drug-likeness (QED) is 0.793. The summed E-state index contributed by atoms with van der Waals surface area (Å²) in [5.41, 5.74) is 0.687. The van der Waals surface area contributed by atoms with E-state index in [1.165, 1.54) is 25.3 Å². The molecule has 0 spiro atoms.